The first-order valence-electron chi connectivity index (χ1n) is 8.23. The number of rotatable bonds is 3. The van der Waals surface area contributed by atoms with Crippen LogP contribution in [0.3, 0.4) is 0 Å². The summed E-state index contributed by atoms with van der Waals surface area (Å²) >= 11 is 6.21. The third-order valence-corrected chi connectivity index (χ3v) is 4.96. The number of benzene rings is 2. The molecule has 0 saturated heterocycles. The van der Waals surface area contributed by atoms with Crippen LogP contribution in [0.15, 0.2) is 24.3 Å². The summed E-state index contributed by atoms with van der Waals surface area (Å²) in [5.74, 6) is 2.26. The number of carbonyl (C=O) groups is 1. The smallest absolute Gasteiger partial charge is 0.254 e. The van der Waals surface area contributed by atoms with Gasteiger partial charge < -0.3 is 23.8 Å². The van der Waals surface area contributed by atoms with E-state index in [9.17, 15) is 4.79 Å². The molecule has 2 aliphatic rings. The second-order valence-corrected chi connectivity index (χ2v) is 6.55. The molecular formula is C19H18ClNO5. The largest absolute Gasteiger partial charge is 0.493 e. The number of hydrogen-bond acceptors (Lipinski definition) is 5. The lowest BCUT2D eigenvalue weighted by atomic mass is 9.98. The van der Waals surface area contributed by atoms with Crippen LogP contribution < -0.4 is 18.9 Å². The van der Waals surface area contributed by atoms with Gasteiger partial charge in [0.15, 0.2) is 23.0 Å². The van der Waals surface area contributed by atoms with E-state index in [1.807, 2.05) is 12.1 Å². The molecule has 26 heavy (non-hydrogen) atoms. The molecule has 0 atom stereocenters. The Kier molecular flexibility index (Phi) is 4.28. The first-order chi connectivity index (χ1) is 12.6. The summed E-state index contributed by atoms with van der Waals surface area (Å²) in [6.07, 6.45) is 0.750. The van der Waals surface area contributed by atoms with E-state index < -0.39 is 0 Å². The minimum Gasteiger partial charge on any atom is -0.493 e. The van der Waals surface area contributed by atoms with Crippen LogP contribution in [0.5, 0.6) is 23.0 Å². The maximum Gasteiger partial charge on any atom is 0.254 e. The van der Waals surface area contributed by atoms with Gasteiger partial charge >= 0.3 is 0 Å². The Labute approximate surface area is 156 Å². The van der Waals surface area contributed by atoms with E-state index >= 15 is 0 Å². The normalized spacial score (nSPS) is 14.8. The molecule has 0 spiro atoms. The average Bonchev–Trinajstić information content (AvgIpc) is 3.15. The second kappa shape index (κ2) is 6.61. The fourth-order valence-corrected chi connectivity index (χ4v) is 3.60. The summed E-state index contributed by atoms with van der Waals surface area (Å²) in [6.45, 7) is 1.24. The van der Waals surface area contributed by atoms with Crippen molar-refractivity contribution in [1.29, 1.82) is 0 Å². The van der Waals surface area contributed by atoms with Gasteiger partial charge in [-0.25, -0.2) is 0 Å². The van der Waals surface area contributed by atoms with Crippen LogP contribution in [0.25, 0.3) is 0 Å². The molecule has 0 unspecified atom stereocenters. The zero-order chi connectivity index (χ0) is 18.3. The Morgan fingerprint density at radius 1 is 1.08 bits per heavy atom. The zero-order valence-electron chi connectivity index (χ0n) is 14.5. The number of methoxy groups -OCH3 is 2. The SMILES string of the molecule is COc1cc2c(cc1OC)CN(C(=O)c1cc(Cl)c3c(c1)OCO3)CC2. The Hall–Kier alpha value is -2.60. The Balaban J connectivity index is 1.61. The molecule has 2 aromatic rings. The maximum atomic E-state index is 13.0. The van der Waals surface area contributed by atoms with Gasteiger partial charge in [0.05, 0.1) is 19.2 Å². The van der Waals surface area contributed by atoms with Crippen molar-refractivity contribution in [2.75, 3.05) is 27.6 Å². The van der Waals surface area contributed by atoms with E-state index in [0.29, 0.717) is 46.7 Å². The predicted octanol–water partition coefficient (Wildman–Crippen LogP) is 3.28. The molecule has 0 aromatic heterocycles. The van der Waals surface area contributed by atoms with Crippen LogP contribution in [-0.4, -0.2) is 38.4 Å². The van der Waals surface area contributed by atoms with Gasteiger partial charge in [-0.15, -0.1) is 0 Å². The minimum absolute atomic E-state index is 0.0920. The third kappa shape index (κ3) is 2.80. The number of amides is 1. The van der Waals surface area contributed by atoms with Crippen molar-refractivity contribution in [3.63, 3.8) is 0 Å². The molecular weight excluding hydrogens is 358 g/mol. The fraction of sp³-hybridized carbons (Fsp3) is 0.316. The van der Waals surface area contributed by atoms with Gasteiger partial charge in [0.25, 0.3) is 5.91 Å². The van der Waals surface area contributed by atoms with Gasteiger partial charge in [0.2, 0.25) is 6.79 Å². The molecule has 2 aliphatic heterocycles. The van der Waals surface area contributed by atoms with Gasteiger partial charge in [-0.1, -0.05) is 11.6 Å². The van der Waals surface area contributed by atoms with E-state index in [2.05, 4.69) is 0 Å². The van der Waals surface area contributed by atoms with Crippen LogP contribution in [0.4, 0.5) is 0 Å². The molecule has 6 nitrogen and oxygen atoms in total. The van der Waals surface area contributed by atoms with Crippen molar-refractivity contribution in [3.05, 3.63) is 46.0 Å². The molecule has 0 N–H and O–H groups in total. The van der Waals surface area contributed by atoms with Gasteiger partial charge in [0, 0.05) is 18.7 Å². The number of ether oxygens (including phenoxy) is 4. The molecule has 0 aliphatic carbocycles. The lowest BCUT2D eigenvalue weighted by Crippen LogP contribution is -2.36. The standard InChI is InChI=1S/C19H18ClNO5/c1-23-15-6-11-3-4-21(9-13(11)8-16(15)24-2)19(22)12-5-14(20)18-17(7-12)25-10-26-18/h5-8H,3-4,9-10H2,1-2H3. The molecule has 2 heterocycles. The van der Waals surface area contributed by atoms with Crippen LogP contribution >= 0.6 is 11.6 Å². The second-order valence-electron chi connectivity index (χ2n) is 6.14. The summed E-state index contributed by atoms with van der Waals surface area (Å²) in [4.78, 5) is 14.7. The topological polar surface area (TPSA) is 57.2 Å². The van der Waals surface area contributed by atoms with Crippen molar-refractivity contribution < 1.29 is 23.7 Å². The van der Waals surface area contributed by atoms with Crippen molar-refractivity contribution in [1.82, 2.24) is 4.90 Å². The zero-order valence-corrected chi connectivity index (χ0v) is 15.3. The first kappa shape index (κ1) is 16.8. The third-order valence-electron chi connectivity index (χ3n) is 4.68. The molecule has 136 valence electrons. The highest BCUT2D eigenvalue weighted by molar-refractivity contribution is 6.32. The van der Waals surface area contributed by atoms with Crippen molar-refractivity contribution in [3.8, 4) is 23.0 Å². The highest BCUT2D eigenvalue weighted by Gasteiger charge is 2.26. The van der Waals surface area contributed by atoms with Crippen LogP contribution in [0.1, 0.15) is 21.5 Å². The molecule has 0 saturated carbocycles. The summed E-state index contributed by atoms with van der Waals surface area (Å²) in [5.41, 5.74) is 2.70. The van der Waals surface area contributed by atoms with Gasteiger partial charge in [0.1, 0.15) is 0 Å². The van der Waals surface area contributed by atoms with Crippen LogP contribution in [0.2, 0.25) is 5.02 Å². The number of halogens is 1. The van der Waals surface area contributed by atoms with E-state index in [1.165, 1.54) is 0 Å². The van der Waals surface area contributed by atoms with Crippen molar-refractivity contribution in [2.45, 2.75) is 13.0 Å². The van der Waals surface area contributed by atoms with Crippen molar-refractivity contribution >= 4 is 17.5 Å². The molecule has 0 radical (unpaired) electrons. The number of fused-ring (bicyclic) bond motifs is 2. The van der Waals surface area contributed by atoms with E-state index in [4.69, 9.17) is 30.5 Å². The molecule has 2 aromatic carbocycles. The van der Waals surface area contributed by atoms with Crippen LogP contribution in [0, 0.1) is 0 Å². The highest BCUT2D eigenvalue weighted by atomic mass is 35.5. The summed E-state index contributed by atoms with van der Waals surface area (Å²) < 4.78 is 21.4. The van der Waals surface area contributed by atoms with Crippen molar-refractivity contribution in [2.24, 2.45) is 0 Å². The molecule has 1 amide bonds. The molecule has 0 fully saturated rings. The average molecular weight is 376 g/mol. The Morgan fingerprint density at radius 2 is 1.81 bits per heavy atom. The quantitative estimate of drug-likeness (QED) is 0.824. The Bertz CT molecular complexity index is 883. The monoisotopic (exact) mass is 375 g/mol. The van der Waals surface area contributed by atoms with E-state index in [1.54, 1.807) is 31.3 Å². The number of hydrogen-bond donors (Lipinski definition) is 0. The number of nitrogens with zero attached hydrogens (tertiary/aromatic N) is 1. The van der Waals surface area contributed by atoms with Gasteiger partial charge in [-0.2, -0.15) is 0 Å². The van der Waals surface area contributed by atoms with E-state index in [-0.39, 0.29) is 12.7 Å². The van der Waals surface area contributed by atoms with Gasteiger partial charge in [-0.3, -0.25) is 4.79 Å². The first-order valence-corrected chi connectivity index (χ1v) is 8.60. The summed E-state index contributed by atoms with van der Waals surface area (Å²) in [7, 11) is 3.22. The minimum atomic E-state index is -0.0920. The van der Waals surface area contributed by atoms with Crippen LogP contribution in [-0.2, 0) is 13.0 Å². The molecule has 0 bridgehead atoms. The predicted molar refractivity (Wildman–Crippen MR) is 95.6 cm³/mol. The molecule has 4 rings (SSSR count). The fourth-order valence-electron chi connectivity index (χ4n) is 3.33. The summed E-state index contributed by atoms with van der Waals surface area (Å²) in [5, 5.41) is 0.382. The van der Waals surface area contributed by atoms with E-state index in [0.717, 1.165) is 17.5 Å². The molecule has 7 heteroatoms. The lowest BCUT2D eigenvalue weighted by Gasteiger charge is -2.29. The highest BCUT2D eigenvalue weighted by Crippen LogP contribution is 2.40. The lowest BCUT2D eigenvalue weighted by molar-refractivity contribution is 0.0734. The van der Waals surface area contributed by atoms with Gasteiger partial charge in [-0.05, 0) is 41.8 Å². The Morgan fingerprint density at radius 3 is 2.54 bits per heavy atom. The maximum absolute atomic E-state index is 13.0. The summed E-state index contributed by atoms with van der Waals surface area (Å²) in [6, 6.07) is 7.22. The number of carbonyl (C=O) groups excluding carboxylic acids is 1.